The lowest BCUT2D eigenvalue weighted by atomic mass is 9.81. The van der Waals surface area contributed by atoms with Gasteiger partial charge in [-0.15, -0.1) is 0 Å². The van der Waals surface area contributed by atoms with Crippen LogP contribution < -0.4 is 5.46 Å². The highest BCUT2D eigenvalue weighted by Gasteiger charge is 2.35. The Labute approximate surface area is 137 Å². The van der Waals surface area contributed by atoms with E-state index in [-0.39, 0.29) is 5.41 Å². The van der Waals surface area contributed by atoms with Gasteiger partial charge in [-0.3, -0.25) is 0 Å². The quantitative estimate of drug-likeness (QED) is 0.711. The molecule has 1 nitrogen and oxygen atoms in total. The monoisotopic (exact) mass is 297 g/mol. The average molecular weight is 297 g/mol. The molecule has 1 N–H and O–H groups in total. The Morgan fingerprint density at radius 3 is 2.13 bits per heavy atom. The molecular formula is C21H18BO. The summed E-state index contributed by atoms with van der Waals surface area (Å²) in [4.78, 5) is 0. The summed E-state index contributed by atoms with van der Waals surface area (Å²) < 4.78 is 0. The normalized spacial score (nSPS) is 14.2. The van der Waals surface area contributed by atoms with E-state index in [0.29, 0.717) is 0 Å². The molecule has 0 saturated heterocycles. The maximum atomic E-state index is 9.07. The Bertz CT molecular complexity index is 879. The molecule has 3 aromatic carbocycles. The molecule has 0 fully saturated rings. The molecule has 0 heterocycles. The second kappa shape index (κ2) is 5.11. The largest absolute Gasteiger partial charge is 0.450 e. The molecule has 4 rings (SSSR count). The fourth-order valence-corrected chi connectivity index (χ4v) is 3.65. The zero-order valence-corrected chi connectivity index (χ0v) is 13.4. The van der Waals surface area contributed by atoms with Crippen molar-refractivity contribution in [2.24, 2.45) is 0 Å². The predicted octanol–water partition coefficient (Wildman–Crippen LogP) is 3.90. The highest BCUT2D eigenvalue weighted by atomic mass is 16.2. The zero-order chi connectivity index (χ0) is 16.0. The molecule has 0 aromatic heterocycles. The zero-order valence-electron chi connectivity index (χ0n) is 13.4. The first-order valence-electron chi connectivity index (χ1n) is 7.93. The Balaban J connectivity index is 1.85. The summed E-state index contributed by atoms with van der Waals surface area (Å²) in [6.45, 7) is 4.59. The van der Waals surface area contributed by atoms with Crippen molar-refractivity contribution in [3.63, 3.8) is 0 Å². The van der Waals surface area contributed by atoms with Gasteiger partial charge in [-0.1, -0.05) is 80.0 Å². The minimum absolute atomic E-state index is 0.0285. The maximum absolute atomic E-state index is 9.07. The topological polar surface area (TPSA) is 20.2 Å². The Kier molecular flexibility index (Phi) is 3.17. The van der Waals surface area contributed by atoms with Gasteiger partial charge in [-0.2, -0.15) is 0 Å². The Morgan fingerprint density at radius 2 is 1.39 bits per heavy atom. The molecule has 0 bridgehead atoms. The highest BCUT2D eigenvalue weighted by Crippen LogP contribution is 2.49. The van der Waals surface area contributed by atoms with Crippen LogP contribution in [0.2, 0.25) is 0 Å². The molecule has 23 heavy (non-hydrogen) atoms. The number of hydrogen-bond acceptors (Lipinski definition) is 1. The SMILES string of the molecule is CC1(C)c2ccccc2-c2ccc(-c3ccc([B]O)cc3)cc21. The lowest BCUT2D eigenvalue weighted by Gasteiger charge is -2.22. The summed E-state index contributed by atoms with van der Waals surface area (Å²) in [7, 11) is 1.13. The van der Waals surface area contributed by atoms with Crippen LogP contribution in [0.25, 0.3) is 22.3 Å². The molecule has 0 aliphatic heterocycles. The molecule has 111 valence electrons. The van der Waals surface area contributed by atoms with Crippen LogP contribution in [-0.4, -0.2) is 12.5 Å². The molecular weight excluding hydrogens is 279 g/mol. The molecule has 2 heteroatoms. The lowest BCUT2D eigenvalue weighted by Crippen LogP contribution is -2.15. The first kappa shape index (κ1) is 14.3. The lowest BCUT2D eigenvalue weighted by molar-refractivity contribution is 0.615. The Hall–Kier alpha value is -2.32. The van der Waals surface area contributed by atoms with Gasteiger partial charge < -0.3 is 5.02 Å². The Morgan fingerprint density at radius 1 is 0.739 bits per heavy atom. The number of hydrogen-bond donors (Lipinski definition) is 1. The number of benzene rings is 3. The molecule has 1 aliphatic rings. The fourth-order valence-electron chi connectivity index (χ4n) is 3.65. The first-order chi connectivity index (χ1) is 11.1. The van der Waals surface area contributed by atoms with Gasteiger partial charge in [0.05, 0.1) is 0 Å². The third kappa shape index (κ3) is 2.14. The van der Waals surface area contributed by atoms with Crippen LogP contribution in [0.4, 0.5) is 0 Å². The molecule has 0 amide bonds. The van der Waals surface area contributed by atoms with Crippen molar-refractivity contribution < 1.29 is 5.02 Å². The van der Waals surface area contributed by atoms with Crippen molar-refractivity contribution in [2.75, 3.05) is 0 Å². The van der Waals surface area contributed by atoms with E-state index in [1.807, 2.05) is 12.1 Å². The summed E-state index contributed by atoms with van der Waals surface area (Å²) in [6, 6.07) is 23.4. The van der Waals surface area contributed by atoms with E-state index in [9.17, 15) is 0 Å². The average Bonchev–Trinajstić information content (AvgIpc) is 2.83. The van der Waals surface area contributed by atoms with Crippen LogP contribution in [0, 0.1) is 0 Å². The van der Waals surface area contributed by atoms with Crippen LogP contribution in [0.1, 0.15) is 25.0 Å². The van der Waals surface area contributed by atoms with Gasteiger partial charge >= 0.3 is 7.48 Å². The van der Waals surface area contributed by atoms with Gasteiger partial charge in [-0.25, -0.2) is 0 Å². The molecule has 1 aliphatic carbocycles. The highest BCUT2D eigenvalue weighted by molar-refractivity contribution is 6.45. The summed E-state index contributed by atoms with van der Waals surface area (Å²) >= 11 is 0. The van der Waals surface area contributed by atoms with Crippen molar-refractivity contribution in [3.8, 4) is 22.3 Å². The van der Waals surface area contributed by atoms with E-state index in [0.717, 1.165) is 12.9 Å². The van der Waals surface area contributed by atoms with Crippen LogP contribution in [-0.2, 0) is 5.41 Å². The van der Waals surface area contributed by atoms with E-state index >= 15 is 0 Å². The summed E-state index contributed by atoms with van der Waals surface area (Å²) in [6.07, 6.45) is 0. The van der Waals surface area contributed by atoms with Crippen molar-refractivity contribution >= 4 is 12.9 Å². The van der Waals surface area contributed by atoms with Gasteiger partial charge in [0.1, 0.15) is 0 Å². The smallest absolute Gasteiger partial charge is 0.326 e. The fraction of sp³-hybridized carbons (Fsp3) is 0.143. The standard InChI is InChI=1S/C21H18BO/c1-21(2)19-6-4-3-5-17(19)18-12-9-15(13-20(18)21)14-7-10-16(22-23)11-8-14/h3-13,23H,1-2H3. The van der Waals surface area contributed by atoms with Crippen molar-refractivity contribution in [1.82, 2.24) is 0 Å². The number of fused-ring (bicyclic) bond motifs is 3. The molecule has 0 saturated carbocycles. The summed E-state index contributed by atoms with van der Waals surface area (Å²) in [5, 5.41) is 9.07. The van der Waals surface area contributed by atoms with Crippen molar-refractivity contribution in [3.05, 3.63) is 77.9 Å². The minimum atomic E-state index is 0.0285. The molecule has 1 radical (unpaired) electrons. The minimum Gasteiger partial charge on any atom is -0.450 e. The van der Waals surface area contributed by atoms with Crippen LogP contribution in [0.15, 0.2) is 66.7 Å². The molecule has 0 spiro atoms. The second-order valence-electron chi connectivity index (χ2n) is 6.68. The van der Waals surface area contributed by atoms with Gasteiger partial charge in [-0.05, 0) is 39.4 Å². The second-order valence-corrected chi connectivity index (χ2v) is 6.68. The van der Waals surface area contributed by atoms with Crippen LogP contribution >= 0.6 is 0 Å². The predicted molar refractivity (Wildman–Crippen MR) is 97.0 cm³/mol. The van der Waals surface area contributed by atoms with Crippen molar-refractivity contribution in [2.45, 2.75) is 19.3 Å². The third-order valence-electron chi connectivity index (χ3n) is 4.98. The molecule has 0 atom stereocenters. The number of rotatable bonds is 2. The van der Waals surface area contributed by atoms with Crippen LogP contribution in [0.5, 0.6) is 0 Å². The van der Waals surface area contributed by atoms with Gasteiger partial charge in [0.2, 0.25) is 0 Å². The van der Waals surface area contributed by atoms with E-state index in [2.05, 4.69) is 68.4 Å². The van der Waals surface area contributed by atoms with Gasteiger partial charge in [0.25, 0.3) is 0 Å². The first-order valence-corrected chi connectivity index (χ1v) is 7.93. The van der Waals surface area contributed by atoms with Crippen LogP contribution in [0.3, 0.4) is 0 Å². The summed E-state index contributed by atoms with van der Waals surface area (Å²) in [5.41, 5.74) is 8.72. The van der Waals surface area contributed by atoms with E-state index in [4.69, 9.17) is 5.02 Å². The van der Waals surface area contributed by atoms with E-state index < -0.39 is 0 Å². The molecule has 3 aromatic rings. The van der Waals surface area contributed by atoms with E-state index in [1.54, 1.807) is 0 Å². The maximum Gasteiger partial charge on any atom is 0.326 e. The van der Waals surface area contributed by atoms with Crippen molar-refractivity contribution in [1.29, 1.82) is 0 Å². The van der Waals surface area contributed by atoms with Gasteiger partial charge in [0, 0.05) is 5.41 Å². The van der Waals surface area contributed by atoms with E-state index in [1.165, 1.54) is 33.4 Å². The summed E-state index contributed by atoms with van der Waals surface area (Å²) in [5.74, 6) is 0. The molecule has 0 unspecified atom stereocenters. The third-order valence-corrected chi connectivity index (χ3v) is 4.98. The van der Waals surface area contributed by atoms with Gasteiger partial charge in [0.15, 0.2) is 0 Å².